The molecule has 1 heteroatoms. The molecule has 0 atom stereocenters. The molecule has 0 fully saturated rings. The molecule has 0 heterocycles. The van der Waals surface area contributed by atoms with Crippen molar-refractivity contribution in [3.8, 4) is 0 Å². The lowest BCUT2D eigenvalue weighted by Gasteiger charge is -2.18. The molecule has 0 aliphatic rings. The maximum absolute atomic E-state index is 9.90. The summed E-state index contributed by atoms with van der Waals surface area (Å²) in [5, 5.41) is 12.3. The highest BCUT2D eigenvalue weighted by atomic mass is 16.3. The van der Waals surface area contributed by atoms with Crippen LogP contribution in [0, 0.1) is 6.92 Å². The van der Waals surface area contributed by atoms with Crippen LogP contribution in [0.3, 0.4) is 0 Å². The van der Waals surface area contributed by atoms with Gasteiger partial charge in [-0.05, 0) is 43.2 Å². The maximum atomic E-state index is 9.90. The maximum Gasteiger partial charge on any atom is 0.0840 e. The van der Waals surface area contributed by atoms with Gasteiger partial charge in [-0.1, -0.05) is 35.9 Å². The molecule has 0 unspecified atom stereocenters. The molecule has 1 nitrogen and oxygen atoms in total. The van der Waals surface area contributed by atoms with Crippen molar-refractivity contribution in [2.45, 2.75) is 26.4 Å². The number of hydrogen-bond donors (Lipinski definition) is 1. The van der Waals surface area contributed by atoms with Gasteiger partial charge in [-0.2, -0.15) is 0 Å². The molecule has 0 spiro atoms. The second-order valence-electron chi connectivity index (χ2n) is 4.62. The summed E-state index contributed by atoms with van der Waals surface area (Å²) in [5.41, 5.74) is 1.45. The zero-order valence-corrected chi connectivity index (χ0v) is 9.41. The molecule has 2 aromatic carbocycles. The largest absolute Gasteiger partial charge is 0.386 e. The number of fused-ring (bicyclic) bond motifs is 1. The molecular formula is C14H16O. The van der Waals surface area contributed by atoms with E-state index >= 15 is 0 Å². The summed E-state index contributed by atoms with van der Waals surface area (Å²) in [7, 11) is 0. The van der Waals surface area contributed by atoms with Gasteiger partial charge in [0.2, 0.25) is 0 Å². The third-order valence-electron chi connectivity index (χ3n) is 2.70. The first-order chi connectivity index (χ1) is 6.97. The summed E-state index contributed by atoms with van der Waals surface area (Å²) in [6, 6.07) is 12.5. The Morgan fingerprint density at radius 3 is 2.20 bits per heavy atom. The SMILES string of the molecule is Cc1ccc2cc(C(C)(C)O)ccc2c1. The van der Waals surface area contributed by atoms with Crippen LogP contribution in [0.15, 0.2) is 36.4 Å². The molecule has 0 amide bonds. The van der Waals surface area contributed by atoms with Crippen LogP contribution in [-0.4, -0.2) is 5.11 Å². The second-order valence-corrected chi connectivity index (χ2v) is 4.62. The van der Waals surface area contributed by atoms with Gasteiger partial charge >= 0.3 is 0 Å². The topological polar surface area (TPSA) is 20.2 Å². The van der Waals surface area contributed by atoms with Crippen LogP contribution in [0.25, 0.3) is 10.8 Å². The number of aliphatic hydroxyl groups is 1. The molecule has 2 rings (SSSR count). The number of benzene rings is 2. The smallest absolute Gasteiger partial charge is 0.0840 e. The Labute approximate surface area is 90.4 Å². The minimum Gasteiger partial charge on any atom is -0.386 e. The van der Waals surface area contributed by atoms with Crippen molar-refractivity contribution in [2.24, 2.45) is 0 Å². The molecule has 78 valence electrons. The third-order valence-corrected chi connectivity index (χ3v) is 2.70. The van der Waals surface area contributed by atoms with Crippen molar-refractivity contribution in [1.29, 1.82) is 0 Å². The molecule has 2 aromatic rings. The van der Waals surface area contributed by atoms with Crippen molar-refractivity contribution in [3.05, 3.63) is 47.5 Å². The monoisotopic (exact) mass is 200 g/mol. The first-order valence-electron chi connectivity index (χ1n) is 5.20. The van der Waals surface area contributed by atoms with E-state index in [-0.39, 0.29) is 0 Å². The van der Waals surface area contributed by atoms with Crippen LogP contribution in [0.2, 0.25) is 0 Å². The average Bonchev–Trinajstić information content (AvgIpc) is 2.15. The molecule has 0 aliphatic heterocycles. The Morgan fingerprint density at radius 2 is 1.53 bits per heavy atom. The van der Waals surface area contributed by atoms with Crippen LogP contribution in [0.4, 0.5) is 0 Å². The molecule has 0 bridgehead atoms. The first kappa shape index (κ1) is 10.2. The number of rotatable bonds is 1. The van der Waals surface area contributed by atoms with Gasteiger partial charge in [0.15, 0.2) is 0 Å². The number of hydrogen-bond acceptors (Lipinski definition) is 1. The van der Waals surface area contributed by atoms with Crippen molar-refractivity contribution >= 4 is 10.8 Å². The Balaban J connectivity index is 2.62. The lowest BCUT2D eigenvalue weighted by atomic mass is 9.95. The van der Waals surface area contributed by atoms with Gasteiger partial charge < -0.3 is 5.11 Å². The quantitative estimate of drug-likeness (QED) is 0.748. The van der Waals surface area contributed by atoms with E-state index in [1.54, 1.807) is 0 Å². The second kappa shape index (κ2) is 3.35. The summed E-state index contributed by atoms with van der Waals surface area (Å²) in [6.07, 6.45) is 0. The van der Waals surface area contributed by atoms with E-state index in [0.717, 1.165) is 5.56 Å². The lowest BCUT2D eigenvalue weighted by molar-refractivity contribution is 0.0787. The standard InChI is InChI=1S/C14H16O/c1-10-4-5-12-9-13(14(2,3)15)7-6-11(12)8-10/h4-9,15H,1-3H3. The summed E-state index contributed by atoms with van der Waals surface area (Å²) in [4.78, 5) is 0. The Kier molecular flexibility index (Phi) is 2.28. The Hall–Kier alpha value is -1.34. The van der Waals surface area contributed by atoms with Crippen LogP contribution in [-0.2, 0) is 5.60 Å². The summed E-state index contributed by atoms with van der Waals surface area (Å²) < 4.78 is 0. The zero-order valence-electron chi connectivity index (χ0n) is 9.41. The van der Waals surface area contributed by atoms with Crippen LogP contribution in [0.1, 0.15) is 25.0 Å². The fourth-order valence-electron chi connectivity index (χ4n) is 1.75. The van der Waals surface area contributed by atoms with E-state index in [4.69, 9.17) is 0 Å². The summed E-state index contributed by atoms with van der Waals surface area (Å²) in [5.74, 6) is 0. The van der Waals surface area contributed by atoms with Crippen molar-refractivity contribution in [1.82, 2.24) is 0 Å². The van der Waals surface area contributed by atoms with Gasteiger partial charge in [-0.25, -0.2) is 0 Å². The van der Waals surface area contributed by atoms with Gasteiger partial charge in [0.05, 0.1) is 5.60 Å². The summed E-state index contributed by atoms with van der Waals surface area (Å²) >= 11 is 0. The van der Waals surface area contributed by atoms with Crippen molar-refractivity contribution in [2.75, 3.05) is 0 Å². The average molecular weight is 200 g/mol. The van der Waals surface area contributed by atoms with Gasteiger partial charge in [0, 0.05) is 0 Å². The van der Waals surface area contributed by atoms with Crippen LogP contribution >= 0.6 is 0 Å². The highest BCUT2D eigenvalue weighted by Crippen LogP contribution is 2.24. The highest BCUT2D eigenvalue weighted by Gasteiger charge is 2.15. The predicted octanol–water partition coefficient (Wildman–Crippen LogP) is 3.38. The number of aryl methyl sites for hydroxylation is 1. The van der Waals surface area contributed by atoms with E-state index in [1.165, 1.54) is 16.3 Å². The zero-order chi connectivity index (χ0) is 11.1. The highest BCUT2D eigenvalue weighted by molar-refractivity contribution is 5.83. The van der Waals surface area contributed by atoms with Gasteiger partial charge in [0.1, 0.15) is 0 Å². The molecule has 0 radical (unpaired) electrons. The van der Waals surface area contributed by atoms with Crippen molar-refractivity contribution < 1.29 is 5.11 Å². The molecule has 15 heavy (non-hydrogen) atoms. The fourth-order valence-corrected chi connectivity index (χ4v) is 1.75. The predicted molar refractivity (Wildman–Crippen MR) is 63.9 cm³/mol. The van der Waals surface area contributed by atoms with Crippen LogP contribution in [0.5, 0.6) is 0 Å². The fraction of sp³-hybridized carbons (Fsp3) is 0.286. The Morgan fingerprint density at radius 1 is 0.933 bits per heavy atom. The minimum atomic E-state index is -0.765. The molecular weight excluding hydrogens is 184 g/mol. The van der Waals surface area contributed by atoms with Gasteiger partial charge in [-0.3, -0.25) is 0 Å². The molecule has 0 aromatic heterocycles. The normalized spacial score (nSPS) is 12.0. The minimum absolute atomic E-state index is 0.765. The molecule has 0 saturated carbocycles. The van der Waals surface area contributed by atoms with E-state index < -0.39 is 5.60 Å². The molecule has 0 aliphatic carbocycles. The van der Waals surface area contributed by atoms with E-state index in [2.05, 4.69) is 37.3 Å². The Bertz CT molecular complexity index is 492. The third kappa shape index (κ3) is 2.02. The molecule has 1 N–H and O–H groups in total. The van der Waals surface area contributed by atoms with E-state index in [0.29, 0.717) is 0 Å². The van der Waals surface area contributed by atoms with Crippen molar-refractivity contribution in [3.63, 3.8) is 0 Å². The van der Waals surface area contributed by atoms with Gasteiger partial charge in [0.25, 0.3) is 0 Å². The van der Waals surface area contributed by atoms with E-state index in [1.807, 2.05) is 19.9 Å². The molecule has 0 saturated heterocycles. The van der Waals surface area contributed by atoms with Crippen LogP contribution < -0.4 is 0 Å². The summed E-state index contributed by atoms with van der Waals surface area (Å²) in [6.45, 7) is 5.70. The lowest BCUT2D eigenvalue weighted by Crippen LogP contribution is -2.14. The van der Waals surface area contributed by atoms with E-state index in [9.17, 15) is 5.11 Å². The first-order valence-corrected chi connectivity index (χ1v) is 5.20. The van der Waals surface area contributed by atoms with Gasteiger partial charge in [-0.15, -0.1) is 0 Å².